The Balaban J connectivity index is 1.65. The summed E-state index contributed by atoms with van der Waals surface area (Å²) in [5, 5.41) is 2.44. The average Bonchev–Trinajstić information content (AvgIpc) is 3.38. The van der Waals surface area contributed by atoms with Crippen molar-refractivity contribution in [2.24, 2.45) is 0 Å². The summed E-state index contributed by atoms with van der Waals surface area (Å²) >= 11 is 1.38. The molecular weight excluding hydrogens is 352 g/mol. The van der Waals surface area contributed by atoms with E-state index in [2.05, 4.69) is 4.98 Å². The maximum atomic E-state index is 12.8. The van der Waals surface area contributed by atoms with Crippen LogP contribution >= 0.6 is 11.3 Å². The van der Waals surface area contributed by atoms with Crippen molar-refractivity contribution in [2.75, 3.05) is 13.7 Å². The van der Waals surface area contributed by atoms with E-state index in [-0.39, 0.29) is 11.9 Å². The lowest BCUT2D eigenvalue weighted by molar-refractivity contribution is -0.131. The maximum absolute atomic E-state index is 12.8. The van der Waals surface area contributed by atoms with Gasteiger partial charge in [0.05, 0.1) is 26.7 Å². The van der Waals surface area contributed by atoms with E-state index in [1.165, 1.54) is 11.3 Å². The van der Waals surface area contributed by atoms with E-state index in [0.29, 0.717) is 25.3 Å². The van der Waals surface area contributed by atoms with Gasteiger partial charge in [-0.1, -0.05) is 12.1 Å². The first-order valence-corrected chi connectivity index (χ1v) is 9.52. The van der Waals surface area contributed by atoms with Crippen molar-refractivity contribution >= 4 is 23.2 Å². The minimum Gasteiger partial charge on any atom is -0.497 e. The number of benzene rings is 1. The summed E-state index contributed by atoms with van der Waals surface area (Å²) in [6.07, 6.45) is 2.38. The highest BCUT2D eigenvalue weighted by Gasteiger charge is 2.33. The molecule has 6 nitrogen and oxygen atoms in total. The number of carbonyl (C=O) groups excluding carboxylic acids is 2. The molecule has 1 aromatic heterocycles. The molecule has 0 spiro atoms. The topological polar surface area (TPSA) is 68.7 Å². The van der Waals surface area contributed by atoms with Crippen LogP contribution in [-0.4, -0.2) is 41.5 Å². The summed E-state index contributed by atoms with van der Waals surface area (Å²) < 4.78 is 10.1. The van der Waals surface area contributed by atoms with Gasteiger partial charge in [-0.15, -0.1) is 11.3 Å². The summed E-state index contributed by atoms with van der Waals surface area (Å²) in [7, 11) is 1.62. The van der Waals surface area contributed by atoms with E-state index < -0.39 is 5.97 Å². The van der Waals surface area contributed by atoms with Gasteiger partial charge in [0.25, 0.3) is 0 Å². The molecule has 1 heterocycles. The Labute approximate surface area is 156 Å². The van der Waals surface area contributed by atoms with Crippen LogP contribution in [0, 0.1) is 0 Å². The first-order valence-electron chi connectivity index (χ1n) is 8.64. The van der Waals surface area contributed by atoms with Crippen molar-refractivity contribution < 1.29 is 19.1 Å². The highest BCUT2D eigenvalue weighted by atomic mass is 32.1. The van der Waals surface area contributed by atoms with Gasteiger partial charge in [0.15, 0.2) is 5.69 Å². The summed E-state index contributed by atoms with van der Waals surface area (Å²) in [5.74, 6) is 0.428. The molecule has 3 rings (SSSR count). The average molecular weight is 374 g/mol. The zero-order valence-corrected chi connectivity index (χ0v) is 15.8. The first kappa shape index (κ1) is 18.4. The highest BCUT2D eigenvalue weighted by molar-refractivity contribution is 7.09. The third-order valence-corrected chi connectivity index (χ3v) is 5.00. The fourth-order valence-electron chi connectivity index (χ4n) is 2.65. The number of thiazole rings is 1. The van der Waals surface area contributed by atoms with Crippen LogP contribution < -0.4 is 4.74 Å². The molecule has 0 unspecified atom stereocenters. The lowest BCUT2D eigenvalue weighted by atomic mass is 10.1. The van der Waals surface area contributed by atoms with Crippen LogP contribution in [-0.2, 0) is 22.5 Å². The van der Waals surface area contributed by atoms with E-state index in [0.717, 1.165) is 29.2 Å². The van der Waals surface area contributed by atoms with Gasteiger partial charge in [-0.05, 0) is 37.5 Å². The Morgan fingerprint density at radius 1 is 1.27 bits per heavy atom. The molecule has 0 aliphatic heterocycles. The minimum atomic E-state index is -0.419. The fraction of sp³-hybridized carbons (Fsp3) is 0.421. The molecular formula is C19H22N2O4S. The Kier molecular flexibility index (Phi) is 5.88. The highest BCUT2D eigenvalue weighted by Crippen LogP contribution is 2.30. The smallest absolute Gasteiger partial charge is 0.357 e. The standard InChI is InChI=1S/C19H22N2O4S/c1-3-25-19(23)16-12-26-17(20-16)11-21(14-6-7-14)18(22)10-13-4-8-15(24-2)9-5-13/h4-5,8-9,12,14H,3,6-7,10-11H2,1-2H3. The van der Waals surface area contributed by atoms with Gasteiger partial charge >= 0.3 is 5.97 Å². The zero-order chi connectivity index (χ0) is 18.5. The molecule has 0 bridgehead atoms. The van der Waals surface area contributed by atoms with Gasteiger partial charge in [0.1, 0.15) is 10.8 Å². The normalized spacial score (nSPS) is 13.3. The van der Waals surface area contributed by atoms with E-state index in [4.69, 9.17) is 9.47 Å². The number of aromatic nitrogens is 1. The van der Waals surface area contributed by atoms with Crippen LogP contribution in [0.5, 0.6) is 5.75 Å². The molecule has 0 radical (unpaired) electrons. The van der Waals surface area contributed by atoms with Crippen LogP contribution in [0.15, 0.2) is 29.6 Å². The predicted octanol–water partition coefficient (Wildman–Crippen LogP) is 3.06. The Morgan fingerprint density at radius 2 is 2.00 bits per heavy atom. The summed E-state index contributed by atoms with van der Waals surface area (Å²) in [6, 6.07) is 7.80. The maximum Gasteiger partial charge on any atom is 0.357 e. The molecule has 1 amide bonds. The predicted molar refractivity (Wildman–Crippen MR) is 98.3 cm³/mol. The van der Waals surface area contributed by atoms with Crippen LogP contribution in [0.1, 0.15) is 40.8 Å². The molecule has 26 heavy (non-hydrogen) atoms. The molecule has 0 N–H and O–H groups in total. The van der Waals surface area contributed by atoms with Crippen LogP contribution in [0.25, 0.3) is 0 Å². The van der Waals surface area contributed by atoms with Gasteiger partial charge in [-0.25, -0.2) is 9.78 Å². The molecule has 1 fully saturated rings. The molecule has 138 valence electrons. The van der Waals surface area contributed by atoms with Gasteiger partial charge < -0.3 is 14.4 Å². The quantitative estimate of drug-likeness (QED) is 0.664. The number of hydrogen-bond donors (Lipinski definition) is 0. The number of nitrogens with zero attached hydrogens (tertiary/aromatic N) is 2. The second-order valence-corrected chi connectivity index (χ2v) is 7.07. The molecule has 1 saturated carbocycles. The number of methoxy groups -OCH3 is 1. The second-order valence-electron chi connectivity index (χ2n) is 6.12. The van der Waals surface area contributed by atoms with Crippen molar-refractivity contribution in [3.8, 4) is 5.75 Å². The zero-order valence-electron chi connectivity index (χ0n) is 14.9. The van der Waals surface area contributed by atoms with Crippen LogP contribution in [0.4, 0.5) is 0 Å². The Bertz CT molecular complexity index is 768. The largest absolute Gasteiger partial charge is 0.497 e. The number of ether oxygens (including phenoxy) is 2. The Morgan fingerprint density at radius 3 is 2.62 bits per heavy atom. The van der Waals surface area contributed by atoms with E-state index in [1.54, 1.807) is 19.4 Å². The third kappa shape index (κ3) is 4.60. The summed E-state index contributed by atoms with van der Waals surface area (Å²) in [6.45, 7) is 2.52. The van der Waals surface area contributed by atoms with Crippen LogP contribution in [0.3, 0.4) is 0 Å². The Hall–Kier alpha value is -2.41. The second kappa shape index (κ2) is 8.31. The molecule has 1 aromatic carbocycles. The molecule has 2 aromatic rings. The monoisotopic (exact) mass is 374 g/mol. The summed E-state index contributed by atoms with van der Waals surface area (Å²) in [5.41, 5.74) is 1.26. The molecule has 7 heteroatoms. The number of rotatable bonds is 8. The lowest BCUT2D eigenvalue weighted by Crippen LogP contribution is -2.33. The third-order valence-electron chi connectivity index (χ3n) is 4.16. The summed E-state index contributed by atoms with van der Waals surface area (Å²) in [4.78, 5) is 30.7. The van der Waals surface area contributed by atoms with Crippen molar-refractivity contribution in [3.63, 3.8) is 0 Å². The van der Waals surface area contributed by atoms with Crippen molar-refractivity contribution in [1.29, 1.82) is 0 Å². The van der Waals surface area contributed by atoms with Gasteiger partial charge in [-0.2, -0.15) is 0 Å². The number of amides is 1. The van der Waals surface area contributed by atoms with Gasteiger partial charge in [0.2, 0.25) is 5.91 Å². The molecule has 1 aliphatic carbocycles. The first-order chi connectivity index (χ1) is 12.6. The van der Waals surface area contributed by atoms with Crippen molar-refractivity contribution in [1.82, 2.24) is 9.88 Å². The van der Waals surface area contributed by atoms with Gasteiger partial charge in [0, 0.05) is 11.4 Å². The number of hydrogen-bond acceptors (Lipinski definition) is 6. The van der Waals surface area contributed by atoms with E-state index >= 15 is 0 Å². The minimum absolute atomic E-state index is 0.0746. The van der Waals surface area contributed by atoms with E-state index in [9.17, 15) is 9.59 Å². The fourth-order valence-corrected chi connectivity index (χ4v) is 3.42. The molecule has 0 atom stereocenters. The SMILES string of the molecule is CCOC(=O)c1csc(CN(C(=O)Cc2ccc(OC)cc2)C2CC2)n1. The van der Waals surface area contributed by atoms with Crippen molar-refractivity contribution in [3.05, 3.63) is 45.9 Å². The lowest BCUT2D eigenvalue weighted by Gasteiger charge is -2.21. The molecule has 1 aliphatic rings. The number of carbonyl (C=O) groups is 2. The van der Waals surface area contributed by atoms with E-state index in [1.807, 2.05) is 29.2 Å². The van der Waals surface area contributed by atoms with Crippen molar-refractivity contribution in [2.45, 2.75) is 38.8 Å². The van der Waals surface area contributed by atoms with Crippen LogP contribution in [0.2, 0.25) is 0 Å². The number of esters is 1. The van der Waals surface area contributed by atoms with Gasteiger partial charge in [-0.3, -0.25) is 4.79 Å². The molecule has 0 saturated heterocycles.